The molecule has 2 atom stereocenters. The molecule has 0 rings (SSSR count). The number of carbonyl (C=O) groups is 1. The van der Waals surface area contributed by atoms with Crippen LogP contribution in [0.25, 0.3) is 10.4 Å². The largest absolute Gasteiger partial charge is 0.464 e. The second-order valence-corrected chi connectivity index (χ2v) is 2.76. The Morgan fingerprint density at radius 2 is 2.29 bits per heavy atom. The number of esters is 1. The fourth-order valence-electron chi connectivity index (χ4n) is 1.03. The second kappa shape index (κ2) is 7.17. The fraction of sp³-hybridized carbons (Fsp3) is 0.875. The van der Waals surface area contributed by atoms with E-state index in [1.165, 1.54) is 0 Å². The molecule has 1 N–H and O–H groups in total. The van der Waals surface area contributed by atoms with Crippen molar-refractivity contribution in [1.29, 1.82) is 0 Å². The highest BCUT2D eigenvalue weighted by molar-refractivity contribution is 5.75. The van der Waals surface area contributed by atoms with Gasteiger partial charge in [0.05, 0.1) is 12.6 Å². The molecule has 80 valence electrons. The van der Waals surface area contributed by atoms with Crippen molar-refractivity contribution in [2.24, 2.45) is 5.11 Å². The number of hydrogen-bond donors (Lipinski definition) is 1. The lowest BCUT2D eigenvalue weighted by molar-refractivity contribution is -0.154. The van der Waals surface area contributed by atoms with Crippen LogP contribution in [0.2, 0.25) is 0 Å². The molecule has 0 saturated heterocycles. The molecule has 0 aromatic heterocycles. The van der Waals surface area contributed by atoms with E-state index in [0.717, 1.165) is 6.42 Å². The fourth-order valence-corrected chi connectivity index (χ4v) is 1.03. The molecule has 0 fully saturated rings. The highest BCUT2D eigenvalue weighted by atomic mass is 16.5. The molecule has 0 aromatic carbocycles. The highest BCUT2D eigenvalue weighted by Gasteiger charge is 2.25. The predicted octanol–water partition coefficient (Wildman–Crippen LogP) is 1.39. The molecule has 0 aromatic rings. The number of rotatable bonds is 6. The summed E-state index contributed by atoms with van der Waals surface area (Å²) in [5.74, 6) is -0.738. The maximum atomic E-state index is 11.1. The normalized spacial score (nSPS) is 13.9. The second-order valence-electron chi connectivity index (χ2n) is 2.76. The SMILES string of the molecule is CCCC(N=[N+]=[N-])C(O)C(=O)OCC. The van der Waals surface area contributed by atoms with Crippen molar-refractivity contribution in [3.05, 3.63) is 10.4 Å². The minimum atomic E-state index is -1.36. The Morgan fingerprint density at radius 1 is 1.64 bits per heavy atom. The van der Waals surface area contributed by atoms with E-state index in [1.54, 1.807) is 6.92 Å². The number of azide groups is 1. The van der Waals surface area contributed by atoms with Crippen LogP contribution in [0.15, 0.2) is 5.11 Å². The Bertz CT molecular complexity index is 226. The summed E-state index contributed by atoms with van der Waals surface area (Å²) in [6.45, 7) is 3.72. The molecule has 2 unspecified atom stereocenters. The summed E-state index contributed by atoms with van der Waals surface area (Å²) in [7, 11) is 0. The van der Waals surface area contributed by atoms with Crippen molar-refractivity contribution >= 4 is 5.97 Å². The molecule has 0 radical (unpaired) electrons. The van der Waals surface area contributed by atoms with Gasteiger partial charge in [-0.05, 0) is 18.9 Å². The minimum absolute atomic E-state index is 0.199. The van der Waals surface area contributed by atoms with Crippen molar-refractivity contribution in [1.82, 2.24) is 0 Å². The van der Waals surface area contributed by atoms with Crippen LogP contribution in [0.3, 0.4) is 0 Å². The van der Waals surface area contributed by atoms with Gasteiger partial charge in [0.2, 0.25) is 0 Å². The summed E-state index contributed by atoms with van der Waals surface area (Å²) >= 11 is 0. The summed E-state index contributed by atoms with van der Waals surface area (Å²) in [5, 5.41) is 12.8. The number of aliphatic hydroxyl groups excluding tert-OH is 1. The molecule has 14 heavy (non-hydrogen) atoms. The zero-order valence-corrected chi connectivity index (χ0v) is 8.38. The summed E-state index contributed by atoms with van der Waals surface area (Å²) in [4.78, 5) is 13.7. The van der Waals surface area contributed by atoms with Gasteiger partial charge < -0.3 is 9.84 Å². The van der Waals surface area contributed by atoms with Crippen LogP contribution in [0, 0.1) is 0 Å². The van der Waals surface area contributed by atoms with Gasteiger partial charge in [-0.3, -0.25) is 0 Å². The van der Waals surface area contributed by atoms with Crippen LogP contribution in [-0.4, -0.2) is 29.8 Å². The lowest BCUT2D eigenvalue weighted by Gasteiger charge is -2.15. The molecule has 0 aliphatic rings. The Balaban J connectivity index is 4.33. The lowest BCUT2D eigenvalue weighted by atomic mass is 10.1. The van der Waals surface area contributed by atoms with E-state index < -0.39 is 18.1 Å². The van der Waals surface area contributed by atoms with Crippen LogP contribution >= 0.6 is 0 Å². The van der Waals surface area contributed by atoms with E-state index in [1.807, 2.05) is 6.92 Å². The number of aliphatic hydroxyl groups is 1. The van der Waals surface area contributed by atoms with E-state index in [9.17, 15) is 9.90 Å². The van der Waals surface area contributed by atoms with Crippen molar-refractivity contribution in [2.75, 3.05) is 6.61 Å². The van der Waals surface area contributed by atoms with E-state index in [4.69, 9.17) is 5.53 Å². The summed E-state index contributed by atoms with van der Waals surface area (Å²) in [6.07, 6.45) is -0.171. The van der Waals surface area contributed by atoms with E-state index in [-0.39, 0.29) is 6.61 Å². The monoisotopic (exact) mass is 201 g/mol. The van der Waals surface area contributed by atoms with Crippen LogP contribution in [0.1, 0.15) is 26.7 Å². The Kier molecular flexibility index (Phi) is 6.53. The van der Waals surface area contributed by atoms with E-state index in [2.05, 4.69) is 14.8 Å². The smallest absolute Gasteiger partial charge is 0.335 e. The standard InChI is InChI=1S/C8H15N3O3/c1-3-5-6(10-11-9)7(12)8(13)14-4-2/h6-7,12H,3-5H2,1-2H3. The zero-order chi connectivity index (χ0) is 11.0. The maximum Gasteiger partial charge on any atom is 0.335 e. The van der Waals surface area contributed by atoms with Crippen LogP contribution in [-0.2, 0) is 9.53 Å². The van der Waals surface area contributed by atoms with Gasteiger partial charge in [-0.1, -0.05) is 18.5 Å². The lowest BCUT2D eigenvalue weighted by Crippen LogP contribution is -2.33. The Labute approximate surface area is 82.5 Å². The zero-order valence-electron chi connectivity index (χ0n) is 8.38. The predicted molar refractivity (Wildman–Crippen MR) is 50.5 cm³/mol. The first kappa shape index (κ1) is 12.7. The number of nitrogens with zero attached hydrogens (tertiary/aromatic N) is 3. The van der Waals surface area contributed by atoms with Gasteiger partial charge in [-0.2, -0.15) is 0 Å². The quantitative estimate of drug-likeness (QED) is 0.304. The molecule has 0 aliphatic carbocycles. The average molecular weight is 201 g/mol. The number of hydrogen-bond acceptors (Lipinski definition) is 4. The maximum absolute atomic E-state index is 11.1. The molecular weight excluding hydrogens is 186 g/mol. The van der Waals surface area contributed by atoms with Gasteiger partial charge >= 0.3 is 5.97 Å². The van der Waals surface area contributed by atoms with Gasteiger partial charge in [-0.15, -0.1) is 0 Å². The van der Waals surface area contributed by atoms with E-state index in [0.29, 0.717) is 6.42 Å². The third-order valence-corrected chi connectivity index (χ3v) is 1.68. The molecule has 0 amide bonds. The van der Waals surface area contributed by atoms with Gasteiger partial charge in [0, 0.05) is 4.91 Å². The van der Waals surface area contributed by atoms with Crippen molar-refractivity contribution < 1.29 is 14.6 Å². The third kappa shape index (κ3) is 4.11. The summed E-state index contributed by atoms with van der Waals surface area (Å²) < 4.78 is 4.61. The first-order valence-corrected chi connectivity index (χ1v) is 4.56. The highest BCUT2D eigenvalue weighted by Crippen LogP contribution is 2.09. The Hall–Kier alpha value is -1.26. The van der Waals surface area contributed by atoms with Gasteiger partial charge in [0.1, 0.15) is 0 Å². The molecule has 6 heteroatoms. The van der Waals surface area contributed by atoms with Crippen molar-refractivity contribution in [2.45, 2.75) is 38.8 Å². The first-order valence-electron chi connectivity index (χ1n) is 4.56. The summed E-state index contributed by atoms with van der Waals surface area (Å²) in [6, 6.07) is -0.732. The topological polar surface area (TPSA) is 95.3 Å². The number of ether oxygens (including phenoxy) is 1. The van der Waals surface area contributed by atoms with Crippen molar-refractivity contribution in [3.8, 4) is 0 Å². The van der Waals surface area contributed by atoms with Crippen LogP contribution < -0.4 is 0 Å². The molecule has 6 nitrogen and oxygen atoms in total. The third-order valence-electron chi connectivity index (χ3n) is 1.68. The molecule has 0 saturated carbocycles. The first-order chi connectivity index (χ1) is 6.67. The molecule has 0 bridgehead atoms. The van der Waals surface area contributed by atoms with E-state index >= 15 is 0 Å². The molecule has 0 heterocycles. The Morgan fingerprint density at radius 3 is 2.71 bits per heavy atom. The van der Waals surface area contributed by atoms with Gasteiger partial charge in [-0.25, -0.2) is 4.79 Å². The minimum Gasteiger partial charge on any atom is -0.464 e. The van der Waals surface area contributed by atoms with Crippen LogP contribution in [0.5, 0.6) is 0 Å². The molecule has 0 aliphatic heterocycles. The summed E-state index contributed by atoms with van der Waals surface area (Å²) in [5.41, 5.74) is 8.22. The molecular formula is C8H15N3O3. The number of carbonyl (C=O) groups excluding carboxylic acids is 1. The van der Waals surface area contributed by atoms with Crippen LogP contribution in [0.4, 0.5) is 0 Å². The molecule has 0 spiro atoms. The van der Waals surface area contributed by atoms with Gasteiger partial charge in [0.25, 0.3) is 0 Å². The average Bonchev–Trinajstić information content (AvgIpc) is 2.17. The van der Waals surface area contributed by atoms with Gasteiger partial charge in [0.15, 0.2) is 6.10 Å². The van der Waals surface area contributed by atoms with Crippen molar-refractivity contribution in [3.63, 3.8) is 0 Å².